The molecule has 3 amide bonds. The number of hydrogen-bond donors (Lipinski definition) is 2. The summed E-state index contributed by atoms with van der Waals surface area (Å²) in [5, 5.41) is 0. The Morgan fingerprint density at radius 3 is 2.45 bits per heavy atom. The molecule has 2 aromatic rings. The van der Waals surface area contributed by atoms with Gasteiger partial charge in [-0.2, -0.15) is 0 Å². The Bertz CT molecular complexity index is 858. The Hall–Kier alpha value is -3.49. The molecule has 1 saturated heterocycles. The highest BCUT2D eigenvalue weighted by atomic mass is 16.5. The quantitative estimate of drug-likeness (QED) is 0.737. The fraction of sp³-hybridized carbons (Fsp3) is 0.350. The lowest BCUT2D eigenvalue weighted by molar-refractivity contribution is -0.127. The van der Waals surface area contributed by atoms with Gasteiger partial charge >= 0.3 is 0 Å². The van der Waals surface area contributed by atoms with E-state index in [1.54, 1.807) is 23.1 Å². The zero-order chi connectivity index (χ0) is 20.8. The topological polar surface area (TPSA) is 110 Å². The van der Waals surface area contributed by atoms with Gasteiger partial charge in [-0.3, -0.25) is 25.2 Å². The largest absolute Gasteiger partial charge is 0.497 e. The molecule has 1 aromatic carbocycles. The van der Waals surface area contributed by atoms with Gasteiger partial charge in [0, 0.05) is 24.7 Å². The molecule has 1 aliphatic heterocycles. The predicted molar refractivity (Wildman–Crippen MR) is 102 cm³/mol. The highest BCUT2D eigenvalue weighted by Gasteiger charge is 2.30. The lowest BCUT2D eigenvalue weighted by Crippen LogP contribution is -2.50. The van der Waals surface area contributed by atoms with Gasteiger partial charge in [0.1, 0.15) is 11.5 Å². The third kappa shape index (κ3) is 4.87. The molecule has 29 heavy (non-hydrogen) atoms. The summed E-state index contributed by atoms with van der Waals surface area (Å²) in [6.45, 7) is 0.813. The number of hydrazine groups is 1. The fourth-order valence-electron chi connectivity index (χ4n) is 3.16. The molecule has 0 aliphatic carbocycles. The van der Waals surface area contributed by atoms with Crippen molar-refractivity contribution in [3.8, 4) is 11.5 Å². The highest BCUT2D eigenvalue weighted by molar-refractivity contribution is 5.96. The first-order valence-corrected chi connectivity index (χ1v) is 9.18. The van der Waals surface area contributed by atoms with Crippen LogP contribution in [0.15, 0.2) is 41.0 Å². The van der Waals surface area contributed by atoms with Gasteiger partial charge in [0.05, 0.1) is 26.4 Å². The molecule has 1 fully saturated rings. The predicted octanol–water partition coefficient (Wildman–Crippen LogP) is 1.61. The van der Waals surface area contributed by atoms with Crippen LogP contribution in [0.5, 0.6) is 11.5 Å². The monoisotopic (exact) mass is 401 g/mol. The maximum Gasteiger partial charge on any atom is 0.289 e. The summed E-state index contributed by atoms with van der Waals surface area (Å²) in [5.74, 6) is -0.380. The van der Waals surface area contributed by atoms with Crippen LogP contribution < -0.4 is 20.3 Å². The average Bonchev–Trinajstić information content (AvgIpc) is 3.31. The van der Waals surface area contributed by atoms with Crippen LogP contribution >= 0.6 is 0 Å². The van der Waals surface area contributed by atoms with Crippen molar-refractivity contribution in [2.24, 2.45) is 5.92 Å². The second kappa shape index (κ2) is 9.13. The molecule has 2 N–H and O–H groups in total. The van der Waals surface area contributed by atoms with Crippen molar-refractivity contribution in [3.63, 3.8) is 0 Å². The number of hydrogen-bond acceptors (Lipinski definition) is 6. The Morgan fingerprint density at radius 1 is 1.10 bits per heavy atom. The number of carbonyl (C=O) groups is 3. The van der Waals surface area contributed by atoms with Crippen molar-refractivity contribution in [1.82, 2.24) is 15.8 Å². The number of furan rings is 1. The van der Waals surface area contributed by atoms with Crippen LogP contribution in [0.25, 0.3) is 0 Å². The van der Waals surface area contributed by atoms with Crippen LogP contribution in [-0.2, 0) is 4.79 Å². The fourth-order valence-corrected chi connectivity index (χ4v) is 3.16. The van der Waals surface area contributed by atoms with Crippen LogP contribution in [0, 0.1) is 5.92 Å². The molecule has 0 radical (unpaired) electrons. The summed E-state index contributed by atoms with van der Waals surface area (Å²) in [5.41, 5.74) is 5.11. The molecule has 0 bridgehead atoms. The number of nitrogens with one attached hydrogen (secondary N) is 2. The summed E-state index contributed by atoms with van der Waals surface area (Å²) in [7, 11) is 2.97. The number of benzene rings is 1. The summed E-state index contributed by atoms with van der Waals surface area (Å²) >= 11 is 0. The van der Waals surface area contributed by atoms with Gasteiger partial charge in [0.2, 0.25) is 5.91 Å². The van der Waals surface area contributed by atoms with Gasteiger partial charge in [-0.25, -0.2) is 0 Å². The van der Waals surface area contributed by atoms with Crippen molar-refractivity contribution < 1.29 is 28.3 Å². The first-order chi connectivity index (χ1) is 14.0. The average molecular weight is 401 g/mol. The number of likely N-dealkylation sites (tertiary alicyclic amines) is 1. The standard InChI is InChI=1S/C20H23N3O6/c1-27-15-9-14(10-16(11-15)28-2)19(25)22-21-18(24)13-5-3-7-23(12-13)20(26)17-6-4-8-29-17/h4,6,8-11,13H,3,5,7,12H2,1-2H3,(H,21,24)(H,22,25). The first kappa shape index (κ1) is 20.2. The Kier molecular flexibility index (Phi) is 6.38. The molecule has 0 spiro atoms. The summed E-state index contributed by atoms with van der Waals surface area (Å²) in [6.07, 6.45) is 2.74. The second-order valence-electron chi connectivity index (χ2n) is 6.61. The summed E-state index contributed by atoms with van der Waals surface area (Å²) in [4.78, 5) is 38.9. The molecular formula is C20H23N3O6. The van der Waals surface area contributed by atoms with Crippen LogP contribution in [0.1, 0.15) is 33.8 Å². The molecule has 9 nitrogen and oxygen atoms in total. The van der Waals surface area contributed by atoms with Gasteiger partial charge in [0.25, 0.3) is 11.8 Å². The number of carbonyl (C=O) groups excluding carboxylic acids is 3. The molecule has 0 saturated carbocycles. The van der Waals surface area contributed by atoms with Crippen molar-refractivity contribution >= 4 is 17.7 Å². The van der Waals surface area contributed by atoms with Crippen LogP contribution in [0.2, 0.25) is 0 Å². The normalized spacial score (nSPS) is 16.1. The van der Waals surface area contributed by atoms with Gasteiger partial charge in [-0.05, 0) is 37.1 Å². The van der Waals surface area contributed by atoms with E-state index in [1.165, 1.54) is 32.6 Å². The molecule has 1 aromatic heterocycles. The molecule has 1 aliphatic rings. The lowest BCUT2D eigenvalue weighted by Gasteiger charge is -2.31. The SMILES string of the molecule is COc1cc(OC)cc(C(=O)NNC(=O)C2CCCN(C(=O)c3ccco3)C2)c1. The Balaban J connectivity index is 1.57. The first-order valence-electron chi connectivity index (χ1n) is 9.18. The minimum absolute atomic E-state index is 0.242. The lowest BCUT2D eigenvalue weighted by atomic mass is 9.97. The molecule has 154 valence electrons. The van der Waals surface area contributed by atoms with E-state index < -0.39 is 11.8 Å². The van der Waals surface area contributed by atoms with E-state index in [4.69, 9.17) is 13.9 Å². The highest BCUT2D eigenvalue weighted by Crippen LogP contribution is 2.22. The zero-order valence-corrected chi connectivity index (χ0v) is 16.3. The molecule has 1 atom stereocenters. The van der Waals surface area contributed by atoms with Crippen molar-refractivity contribution in [2.45, 2.75) is 12.8 Å². The van der Waals surface area contributed by atoms with Crippen LogP contribution in [0.3, 0.4) is 0 Å². The third-order valence-electron chi connectivity index (χ3n) is 4.72. The molecule has 3 rings (SSSR count). The number of methoxy groups -OCH3 is 2. The van der Waals surface area contributed by atoms with Crippen molar-refractivity contribution in [1.29, 1.82) is 0 Å². The van der Waals surface area contributed by atoms with Crippen LogP contribution in [0.4, 0.5) is 0 Å². The number of ether oxygens (including phenoxy) is 2. The Labute approximate surface area is 167 Å². The molecule has 1 unspecified atom stereocenters. The Morgan fingerprint density at radius 2 is 1.83 bits per heavy atom. The number of piperidine rings is 1. The summed E-state index contributed by atoms with van der Waals surface area (Å²) in [6, 6.07) is 7.95. The van der Waals surface area contributed by atoms with Crippen molar-refractivity contribution in [2.75, 3.05) is 27.3 Å². The maximum absolute atomic E-state index is 12.5. The maximum atomic E-state index is 12.5. The van der Waals surface area contributed by atoms with Gasteiger partial charge < -0.3 is 18.8 Å². The van der Waals surface area contributed by atoms with E-state index in [2.05, 4.69) is 10.9 Å². The zero-order valence-electron chi connectivity index (χ0n) is 16.3. The third-order valence-corrected chi connectivity index (χ3v) is 4.72. The van der Waals surface area contributed by atoms with E-state index in [0.717, 1.165) is 0 Å². The second-order valence-corrected chi connectivity index (χ2v) is 6.61. The van der Waals surface area contributed by atoms with Crippen LogP contribution in [-0.4, -0.2) is 49.9 Å². The molecule has 9 heteroatoms. The van der Waals surface area contributed by atoms with E-state index in [0.29, 0.717) is 30.9 Å². The number of nitrogens with zero attached hydrogens (tertiary/aromatic N) is 1. The van der Waals surface area contributed by atoms with E-state index in [9.17, 15) is 14.4 Å². The van der Waals surface area contributed by atoms with E-state index >= 15 is 0 Å². The van der Waals surface area contributed by atoms with E-state index in [1.807, 2.05) is 0 Å². The van der Waals surface area contributed by atoms with E-state index in [-0.39, 0.29) is 29.7 Å². The number of rotatable bonds is 5. The molecular weight excluding hydrogens is 378 g/mol. The van der Waals surface area contributed by atoms with Crippen molar-refractivity contribution in [3.05, 3.63) is 47.9 Å². The minimum atomic E-state index is -0.505. The van der Waals surface area contributed by atoms with Gasteiger partial charge in [-0.1, -0.05) is 0 Å². The summed E-state index contributed by atoms with van der Waals surface area (Å²) < 4.78 is 15.4. The van der Waals surface area contributed by atoms with Gasteiger partial charge in [0.15, 0.2) is 5.76 Å². The van der Waals surface area contributed by atoms with Gasteiger partial charge in [-0.15, -0.1) is 0 Å². The smallest absolute Gasteiger partial charge is 0.289 e. The number of amides is 3. The minimum Gasteiger partial charge on any atom is -0.497 e. The molecule has 2 heterocycles.